The zero-order chi connectivity index (χ0) is 20.8. The number of carbonyl (C=O) groups is 3. The van der Waals surface area contributed by atoms with Gasteiger partial charge < -0.3 is 20.3 Å². The second kappa shape index (κ2) is 9.34. The van der Waals surface area contributed by atoms with Crippen LogP contribution in [0.15, 0.2) is 42.5 Å². The molecule has 7 heteroatoms. The van der Waals surface area contributed by atoms with E-state index in [0.29, 0.717) is 24.3 Å². The number of rotatable bonds is 4. The van der Waals surface area contributed by atoms with Crippen molar-refractivity contribution >= 4 is 23.5 Å². The highest BCUT2D eigenvalue weighted by Crippen LogP contribution is 2.23. The molecule has 2 aromatic carbocycles. The summed E-state index contributed by atoms with van der Waals surface area (Å²) in [5.74, 6) is -0.765. The molecule has 1 heterocycles. The summed E-state index contributed by atoms with van der Waals surface area (Å²) in [4.78, 5) is 38.8. The van der Waals surface area contributed by atoms with Crippen LogP contribution >= 0.6 is 0 Å². The molecule has 0 saturated carbocycles. The van der Waals surface area contributed by atoms with Gasteiger partial charge >= 0.3 is 5.97 Å². The fourth-order valence-electron chi connectivity index (χ4n) is 3.21. The zero-order valence-corrected chi connectivity index (χ0v) is 16.7. The number of amides is 2. The van der Waals surface area contributed by atoms with Gasteiger partial charge in [0.25, 0.3) is 11.8 Å². The summed E-state index contributed by atoms with van der Waals surface area (Å²) in [6, 6.07) is 11.8. The first-order chi connectivity index (χ1) is 14.0. The summed E-state index contributed by atoms with van der Waals surface area (Å²) in [5.41, 5.74) is 2.15. The number of nitrogens with one attached hydrogen (secondary N) is 2. The van der Waals surface area contributed by atoms with Crippen LogP contribution in [0.2, 0.25) is 0 Å². The molecule has 3 rings (SSSR count). The van der Waals surface area contributed by atoms with Crippen molar-refractivity contribution in [3.8, 4) is 5.75 Å². The Kier molecular flexibility index (Phi) is 6.61. The van der Waals surface area contributed by atoms with Crippen molar-refractivity contribution in [3.05, 3.63) is 59.2 Å². The molecule has 1 fully saturated rings. The smallest absolute Gasteiger partial charge is 0.308 e. The van der Waals surface area contributed by atoms with Crippen molar-refractivity contribution in [1.29, 1.82) is 0 Å². The highest BCUT2D eigenvalue weighted by Gasteiger charge is 2.19. The number of anilines is 1. The number of aryl methyl sites for hydroxylation is 1. The Morgan fingerprint density at radius 2 is 1.86 bits per heavy atom. The minimum Gasteiger partial charge on any atom is -0.426 e. The third-order valence-electron chi connectivity index (χ3n) is 4.75. The largest absolute Gasteiger partial charge is 0.426 e. The number of esters is 1. The molecule has 2 aromatic rings. The van der Waals surface area contributed by atoms with Gasteiger partial charge in [0.15, 0.2) is 0 Å². The number of hydrogen-bond donors (Lipinski definition) is 2. The molecule has 0 atom stereocenters. The average molecular weight is 395 g/mol. The van der Waals surface area contributed by atoms with Crippen molar-refractivity contribution in [1.82, 2.24) is 10.2 Å². The molecule has 0 bridgehead atoms. The average Bonchev–Trinajstić information content (AvgIpc) is 2.98. The van der Waals surface area contributed by atoms with Crippen molar-refractivity contribution < 1.29 is 19.1 Å². The van der Waals surface area contributed by atoms with E-state index in [0.717, 1.165) is 25.1 Å². The van der Waals surface area contributed by atoms with Crippen molar-refractivity contribution in [2.24, 2.45) is 0 Å². The number of nitrogens with zero attached hydrogens (tertiary/aromatic N) is 1. The Morgan fingerprint density at radius 3 is 2.66 bits per heavy atom. The second-order valence-corrected chi connectivity index (χ2v) is 6.97. The summed E-state index contributed by atoms with van der Waals surface area (Å²) in [5, 5.41) is 6.12. The number of carbonyl (C=O) groups excluding carboxylic acids is 3. The fraction of sp³-hybridized carbons (Fsp3) is 0.318. The lowest BCUT2D eigenvalue weighted by atomic mass is 10.1. The summed E-state index contributed by atoms with van der Waals surface area (Å²) in [6.07, 6.45) is 0.911. The Labute approximate surface area is 170 Å². The molecule has 1 aliphatic rings. The highest BCUT2D eigenvalue weighted by atomic mass is 16.5. The highest BCUT2D eigenvalue weighted by molar-refractivity contribution is 6.07. The van der Waals surface area contributed by atoms with Crippen LogP contribution in [0.5, 0.6) is 5.75 Å². The van der Waals surface area contributed by atoms with Crippen LogP contribution in [0, 0.1) is 6.92 Å². The van der Waals surface area contributed by atoms with Gasteiger partial charge in [-0.15, -0.1) is 0 Å². The van der Waals surface area contributed by atoms with Gasteiger partial charge in [-0.05, 0) is 49.7 Å². The van der Waals surface area contributed by atoms with Gasteiger partial charge in [-0.1, -0.05) is 18.2 Å². The van der Waals surface area contributed by atoms with Crippen molar-refractivity contribution in [3.63, 3.8) is 0 Å². The molecule has 7 nitrogen and oxygen atoms in total. The molecule has 2 N–H and O–H groups in total. The molecule has 0 unspecified atom stereocenters. The monoisotopic (exact) mass is 395 g/mol. The first-order valence-corrected chi connectivity index (χ1v) is 9.65. The van der Waals surface area contributed by atoms with E-state index in [2.05, 4.69) is 10.6 Å². The minimum atomic E-state index is -0.499. The van der Waals surface area contributed by atoms with Crippen molar-refractivity contribution in [2.45, 2.75) is 20.3 Å². The third kappa shape index (κ3) is 5.20. The van der Waals surface area contributed by atoms with Crippen LogP contribution in [-0.4, -0.2) is 48.9 Å². The standard InChI is InChI=1S/C22H25N3O4/c1-15-8-9-17(22(28)25-12-5-10-23-11-13-25)14-19(15)24-21(27)18-6-3-4-7-20(18)29-16(2)26/h3-4,6-9,14,23H,5,10-13H2,1-2H3,(H,24,27). The van der Waals surface area contributed by atoms with E-state index < -0.39 is 11.9 Å². The molecule has 1 saturated heterocycles. The van der Waals surface area contributed by atoms with E-state index in [-0.39, 0.29) is 17.2 Å². The molecular weight excluding hydrogens is 370 g/mol. The van der Waals surface area contributed by atoms with E-state index in [1.807, 2.05) is 17.9 Å². The number of para-hydroxylation sites is 1. The predicted octanol–water partition coefficient (Wildman–Crippen LogP) is 2.61. The lowest BCUT2D eigenvalue weighted by Gasteiger charge is -2.21. The molecule has 0 radical (unpaired) electrons. The second-order valence-electron chi connectivity index (χ2n) is 6.97. The van der Waals surface area contributed by atoms with Crippen LogP contribution in [-0.2, 0) is 4.79 Å². The van der Waals surface area contributed by atoms with E-state index in [4.69, 9.17) is 4.74 Å². The Balaban J connectivity index is 1.81. The van der Waals surface area contributed by atoms with E-state index in [1.165, 1.54) is 6.92 Å². The third-order valence-corrected chi connectivity index (χ3v) is 4.75. The maximum absolute atomic E-state index is 12.9. The Hall–Kier alpha value is -3.19. The van der Waals surface area contributed by atoms with E-state index in [1.54, 1.807) is 36.4 Å². The molecule has 152 valence electrons. The van der Waals surface area contributed by atoms with Gasteiger partial charge in [0.05, 0.1) is 5.56 Å². The Morgan fingerprint density at radius 1 is 1.07 bits per heavy atom. The minimum absolute atomic E-state index is 0.0514. The quantitative estimate of drug-likeness (QED) is 0.614. The predicted molar refractivity (Wildman–Crippen MR) is 110 cm³/mol. The summed E-state index contributed by atoms with van der Waals surface area (Å²) < 4.78 is 5.12. The molecular formula is C22H25N3O4. The van der Waals surface area contributed by atoms with Crippen LogP contribution in [0.1, 0.15) is 39.6 Å². The van der Waals surface area contributed by atoms with Crippen LogP contribution in [0.4, 0.5) is 5.69 Å². The first kappa shape index (κ1) is 20.5. The van der Waals surface area contributed by atoms with Gasteiger partial charge in [-0.2, -0.15) is 0 Å². The summed E-state index contributed by atoms with van der Waals surface area (Å²) in [7, 11) is 0. The maximum atomic E-state index is 12.9. The van der Waals surface area contributed by atoms with Gasteiger partial charge in [0, 0.05) is 37.8 Å². The summed E-state index contributed by atoms with van der Waals surface area (Å²) >= 11 is 0. The van der Waals surface area contributed by atoms with Gasteiger partial charge in [-0.25, -0.2) is 0 Å². The summed E-state index contributed by atoms with van der Waals surface area (Å²) in [6.45, 7) is 6.18. The maximum Gasteiger partial charge on any atom is 0.308 e. The number of ether oxygens (including phenoxy) is 1. The topological polar surface area (TPSA) is 87.7 Å². The van der Waals surface area contributed by atoms with Crippen LogP contribution in [0.3, 0.4) is 0 Å². The van der Waals surface area contributed by atoms with Gasteiger partial charge in [-0.3, -0.25) is 14.4 Å². The fourth-order valence-corrected chi connectivity index (χ4v) is 3.21. The number of hydrogen-bond acceptors (Lipinski definition) is 5. The van der Waals surface area contributed by atoms with Crippen molar-refractivity contribution in [2.75, 3.05) is 31.5 Å². The first-order valence-electron chi connectivity index (χ1n) is 9.65. The van der Waals surface area contributed by atoms with Gasteiger partial charge in [0.2, 0.25) is 0 Å². The molecule has 1 aliphatic heterocycles. The van der Waals surface area contributed by atoms with E-state index in [9.17, 15) is 14.4 Å². The zero-order valence-electron chi connectivity index (χ0n) is 16.7. The van der Waals surface area contributed by atoms with Gasteiger partial charge in [0.1, 0.15) is 5.75 Å². The number of benzene rings is 2. The Bertz CT molecular complexity index is 918. The molecule has 0 aromatic heterocycles. The normalized spacial score (nSPS) is 14.1. The lowest BCUT2D eigenvalue weighted by molar-refractivity contribution is -0.131. The SMILES string of the molecule is CC(=O)Oc1ccccc1C(=O)Nc1cc(C(=O)N2CCCNCC2)ccc1C. The van der Waals surface area contributed by atoms with Crippen LogP contribution < -0.4 is 15.4 Å². The lowest BCUT2D eigenvalue weighted by Crippen LogP contribution is -2.34. The molecule has 2 amide bonds. The van der Waals surface area contributed by atoms with E-state index >= 15 is 0 Å². The van der Waals surface area contributed by atoms with Crippen LogP contribution in [0.25, 0.3) is 0 Å². The molecule has 0 spiro atoms. The molecule has 0 aliphatic carbocycles. The molecule has 29 heavy (non-hydrogen) atoms.